The second kappa shape index (κ2) is 2.21. The Hall–Kier alpha value is -0.0800. The first-order chi connectivity index (χ1) is 4.81. The maximum Gasteiger partial charge on any atom is 0.0672 e. The van der Waals surface area contributed by atoms with Gasteiger partial charge in [-0.05, 0) is 26.2 Å². The van der Waals surface area contributed by atoms with Crippen LogP contribution in [0, 0.1) is 0 Å². The molecule has 2 heteroatoms. The molecule has 1 spiro atoms. The molecule has 1 N–H and O–H groups in total. The number of rotatable bonds is 0. The number of morpholine rings is 1. The van der Waals surface area contributed by atoms with Crippen LogP contribution < -0.4 is 5.32 Å². The predicted octanol–water partition coefficient (Wildman–Crippen LogP) is 0.917. The Labute approximate surface area is 61.9 Å². The normalized spacial score (nSPS) is 37.5. The van der Waals surface area contributed by atoms with Crippen molar-refractivity contribution in [2.24, 2.45) is 0 Å². The summed E-state index contributed by atoms with van der Waals surface area (Å²) in [7, 11) is 0. The van der Waals surface area contributed by atoms with Gasteiger partial charge < -0.3 is 10.1 Å². The standard InChI is InChI=1S/C8H15NO/c1-7-5-9-8(6-10-7)3-2-4-8/h7,9H,2-6H2,1H3/t7-/m1/s1. The summed E-state index contributed by atoms with van der Waals surface area (Å²) in [4.78, 5) is 0. The van der Waals surface area contributed by atoms with Crippen LogP contribution in [0.2, 0.25) is 0 Å². The fourth-order valence-corrected chi connectivity index (χ4v) is 1.70. The second-order valence-electron chi connectivity index (χ2n) is 3.64. The van der Waals surface area contributed by atoms with Gasteiger partial charge in [-0.1, -0.05) is 0 Å². The van der Waals surface area contributed by atoms with E-state index in [1.165, 1.54) is 19.3 Å². The maximum absolute atomic E-state index is 5.57. The van der Waals surface area contributed by atoms with Crippen molar-refractivity contribution in [3.05, 3.63) is 0 Å². The van der Waals surface area contributed by atoms with Gasteiger partial charge in [-0.3, -0.25) is 0 Å². The molecule has 10 heavy (non-hydrogen) atoms. The summed E-state index contributed by atoms with van der Waals surface area (Å²) in [6.45, 7) is 4.10. The van der Waals surface area contributed by atoms with Gasteiger partial charge in [0.1, 0.15) is 0 Å². The summed E-state index contributed by atoms with van der Waals surface area (Å²) in [5.74, 6) is 0. The number of ether oxygens (including phenoxy) is 1. The maximum atomic E-state index is 5.57. The van der Waals surface area contributed by atoms with Crippen molar-refractivity contribution < 1.29 is 4.74 Å². The lowest BCUT2D eigenvalue weighted by molar-refractivity contribution is -0.0524. The van der Waals surface area contributed by atoms with Crippen LogP contribution in [0.3, 0.4) is 0 Å². The minimum absolute atomic E-state index is 0.409. The molecule has 2 rings (SSSR count). The molecule has 1 heterocycles. The largest absolute Gasteiger partial charge is 0.375 e. The van der Waals surface area contributed by atoms with Gasteiger partial charge >= 0.3 is 0 Å². The molecule has 0 radical (unpaired) electrons. The van der Waals surface area contributed by atoms with Crippen molar-refractivity contribution in [2.75, 3.05) is 13.2 Å². The highest BCUT2D eigenvalue weighted by molar-refractivity contribution is 4.98. The van der Waals surface area contributed by atoms with Crippen molar-refractivity contribution in [3.63, 3.8) is 0 Å². The molecule has 1 saturated carbocycles. The van der Waals surface area contributed by atoms with E-state index >= 15 is 0 Å². The van der Waals surface area contributed by atoms with E-state index in [2.05, 4.69) is 12.2 Å². The van der Waals surface area contributed by atoms with E-state index in [9.17, 15) is 0 Å². The molecule has 0 bridgehead atoms. The lowest BCUT2D eigenvalue weighted by atomic mass is 9.76. The van der Waals surface area contributed by atoms with Gasteiger partial charge in [0.05, 0.1) is 12.7 Å². The monoisotopic (exact) mass is 141 g/mol. The Balaban J connectivity index is 1.90. The van der Waals surface area contributed by atoms with E-state index in [-0.39, 0.29) is 0 Å². The zero-order chi connectivity index (χ0) is 7.03. The number of hydrogen-bond donors (Lipinski definition) is 1. The molecule has 1 aliphatic heterocycles. The molecular weight excluding hydrogens is 126 g/mol. The SMILES string of the molecule is C[C@@H]1CNC2(CCC2)CO1. The minimum Gasteiger partial charge on any atom is -0.375 e. The molecule has 0 unspecified atom stereocenters. The van der Waals surface area contributed by atoms with Crippen molar-refractivity contribution in [1.82, 2.24) is 5.32 Å². The van der Waals surface area contributed by atoms with Crippen LogP contribution in [0.5, 0.6) is 0 Å². The second-order valence-corrected chi connectivity index (χ2v) is 3.64. The fourth-order valence-electron chi connectivity index (χ4n) is 1.70. The Kier molecular flexibility index (Phi) is 1.46. The average Bonchev–Trinajstić information content (AvgIpc) is 1.86. The van der Waals surface area contributed by atoms with Gasteiger partial charge in [0.25, 0.3) is 0 Å². The summed E-state index contributed by atoms with van der Waals surface area (Å²) < 4.78 is 5.57. The van der Waals surface area contributed by atoms with Crippen molar-refractivity contribution in [2.45, 2.75) is 37.8 Å². The Morgan fingerprint density at radius 1 is 1.50 bits per heavy atom. The van der Waals surface area contributed by atoms with Crippen LogP contribution in [0.1, 0.15) is 26.2 Å². The van der Waals surface area contributed by atoms with Crippen LogP contribution in [0.4, 0.5) is 0 Å². The molecule has 0 aromatic heterocycles. The first kappa shape index (κ1) is 6.62. The Morgan fingerprint density at radius 2 is 2.30 bits per heavy atom. The van der Waals surface area contributed by atoms with Crippen LogP contribution in [0.15, 0.2) is 0 Å². The number of nitrogens with one attached hydrogen (secondary N) is 1. The van der Waals surface area contributed by atoms with Gasteiger partial charge in [0.15, 0.2) is 0 Å². The summed E-state index contributed by atoms with van der Waals surface area (Å²) in [5, 5.41) is 3.56. The molecule has 58 valence electrons. The van der Waals surface area contributed by atoms with Crippen molar-refractivity contribution in [1.29, 1.82) is 0 Å². The first-order valence-corrected chi connectivity index (χ1v) is 4.17. The molecule has 1 saturated heterocycles. The molecule has 0 aromatic carbocycles. The highest BCUT2D eigenvalue weighted by Gasteiger charge is 2.39. The van der Waals surface area contributed by atoms with E-state index in [0.717, 1.165) is 13.2 Å². The van der Waals surface area contributed by atoms with E-state index in [0.29, 0.717) is 11.6 Å². The summed E-state index contributed by atoms with van der Waals surface area (Å²) in [6.07, 6.45) is 4.44. The van der Waals surface area contributed by atoms with E-state index < -0.39 is 0 Å². The van der Waals surface area contributed by atoms with Gasteiger partial charge in [0, 0.05) is 12.1 Å². The molecule has 0 aromatic rings. The third kappa shape index (κ3) is 0.956. The van der Waals surface area contributed by atoms with E-state index in [1.807, 2.05) is 0 Å². The van der Waals surface area contributed by atoms with Crippen LogP contribution in [-0.4, -0.2) is 24.8 Å². The van der Waals surface area contributed by atoms with Crippen LogP contribution in [-0.2, 0) is 4.74 Å². The third-order valence-electron chi connectivity index (χ3n) is 2.72. The molecule has 0 amide bonds. The Bertz CT molecular complexity index is 121. The third-order valence-corrected chi connectivity index (χ3v) is 2.72. The zero-order valence-corrected chi connectivity index (χ0v) is 6.52. The van der Waals surface area contributed by atoms with Crippen LogP contribution in [0.25, 0.3) is 0 Å². The highest BCUT2D eigenvalue weighted by atomic mass is 16.5. The molecular formula is C8H15NO. The molecule has 2 nitrogen and oxygen atoms in total. The first-order valence-electron chi connectivity index (χ1n) is 4.17. The van der Waals surface area contributed by atoms with E-state index in [4.69, 9.17) is 4.74 Å². The lowest BCUT2D eigenvalue weighted by Gasteiger charge is -2.46. The van der Waals surface area contributed by atoms with Crippen molar-refractivity contribution in [3.8, 4) is 0 Å². The zero-order valence-electron chi connectivity index (χ0n) is 6.52. The minimum atomic E-state index is 0.409. The number of hydrogen-bond acceptors (Lipinski definition) is 2. The van der Waals surface area contributed by atoms with Gasteiger partial charge in [0.2, 0.25) is 0 Å². The van der Waals surface area contributed by atoms with Gasteiger partial charge in [-0.2, -0.15) is 0 Å². The Morgan fingerprint density at radius 3 is 2.70 bits per heavy atom. The smallest absolute Gasteiger partial charge is 0.0672 e. The molecule has 1 aliphatic carbocycles. The predicted molar refractivity (Wildman–Crippen MR) is 40.0 cm³/mol. The summed E-state index contributed by atoms with van der Waals surface area (Å²) >= 11 is 0. The van der Waals surface area contributed by atoms with Gasteiger partial charge in [-0.25, -0.2) is 0 Å². The highest BCUT2D eigenvalue weighted by Crippen LogP contribution is 2.33. The summed E-state index contributed by atoms with van der Waals surface area (Å²) in [6, 6.07) is 0. The quantitative estimate of drug-likeness (QED) is 0.541. The van der Waals surface area contributed by atoms with Crippen molar-refractivity contribution >= 4 is 0 Å². The van der Waals surface area contributed by atoms with Crippen LogP contribution >= 0.6 is 0 Å². The molecule has 2 fully saturated rings. The fraction of sp³-hybridized carbons (Fsp3) is 1.00. The topological polar surface area (TPSA) is 21.3 Å². The molecule has 2 aliphatic rings. The average molecular weight is 141 g/mol. The summed E-state index contributed by atoms with van der Waals surface area (Å²) in [5.41, 5.74) is 0.409. The van der Waals surface area contributed by atoms with Gasteiger partial charge in [-0.15, -0.1) is 0 Å². The van der Waals surface area contributed by atoms with E-state index in [1.54, 1.807) is 0 Å². The lowest BCUT2D eigenvalue weighted by Crippen LogP contribution is -2.60. The molecule has 1 atom stereocenters.